The van der Waals surface area contributed by atoms with E-state index in [1.54, 1.807) is 0 Å². The van der Waals surface area contributed by atoms with Crippen molar-refractivity contribution in [3.63, 3.8) is 0 Å². The van der Waals surface area contributed by atoms with Crippen LogP contribution < -0.4 is 5.32 Å². The Morgan fingerprint density at radius 3 is 2.61 bits per heavy atom. The molecule has 0 spiro atoms. The highest BCUT2D eigenvalue weighted by molar-refractivity contribution is 5.78. The average molecular weight is 254 g/mol. The largest absolute Gasteiger partial charge is 0.366 e. The number of carbonyl (C=O) groups excluding carboxylic acids is 1. The molecule has 18 heavy (non-hydrogen) atoms. The molecule has 104 valence electrons. The van der Waals surface area contributed by atoms with Gasteiger partial charge in [0.2, 0.25) is 5.91 Å². The van der Waals surface area contributed by atoms with Gasteiger partial charge in [-0.2, -0.15) is 0 Å². The molecule has 0 bridgehead atoms. The SMILES string of the molecule is CC(C)(C)OCC(=O)N1CC2CNCC2C1(C)C. The standard InChI is InChI=1S/C14H26N2O2/c1-13(2,3)18-9-12(17)16-8-10-6-15-7-11(10)14(16,4)5/h10-11,15H,6-9H2,1-5H3. The maximum atomic E-state index is 12.3. The van der Waals surface area contributed by atoms with Crippen LogP contribution in [0.2, 0.25) is 0 Å². The third kappa shape index (κ3) is 2.54. The maximum Gasteiger partial charge on any atom is 0.249 e. The number of nitrogens with zero attached hydrogens (tertiary/aromatic N) is 1. The van der Waals surface area contributed by atoms with Gasteiger partial charge < -0.3 is 15.0 Å². The second-order valence-corrected chi connectivity index (χ2v) is 7.08. The molecule has 2 saturated heterocycles. The molecular formula is C14H26N2O2. The van der Waals surface area contributed by atoms with Gasteiger partial charge in [0.25, 0.3) is 0 Å². The monoisotopic (exact) mass is 254 g/mol. The van der Waals surface area contributed by atoms with Gasteiger partial charge in [-0.25, -0.2) is 0 Å². The number of rotatable bonds is 2. The smallest absolute Gasteiger partial charge is 0.249 e. The zero-order valence-corrected chi connectivity index (χ0v) is 12.2. The highest BCUT2D eigenvalue weighted by atomic mass is 16.5. The van der Waals surface area contributed by atoms with Crippen LogP contribution in [-0.4, -0.2) is 48.2 Å². The van der Waals surface area contributed by atoms with Crippen LogP contribution in [0.1, 0.15) is 34.6 Å². The van der Waals surface area contributed by atoms with E-state index in [1.807, 2.05) is 25.7 Å². The summed E-state index contributed by atoms with van der Waals surface area (Å²) in [5.41, 5.74) is -0.302. The molecule has 2 aliphatic heterocycles. The lowest BCUT2D eigenvalue weighted by Gasteiger charge is -2.36. The van der Waals surface area contributed by atoms with Crippen LogP contribution in [0.15, 0.2) is 0 Å². The van der Waals surface area contributed by atoms with E-state index in [4.69, 9.17) is 4.74 Å². The molecule has 0 aromatic heterocycles. The zero-order chi connectivity index (χ0) is 13.6. The molecule has 0 aliphatic carbocycles. The molecule has 0 radical (unpaired) electrons. The highest BCUT2D eigenvalue weighted by Gasteiger charge is 2.51. The van der Waals surface area contributed by atoms with Gasteiger partial charge in [-0.15, -0.1) is 0 Å². The van der Waals surface area contributed by atoms with Gasteiger partial charge in [0.15, 0.2) is 0 Å². The minimum atomic E-state index is -0.253. The fourth-order valence-electron chi connectivity index (χ4n) is 3.20. The Labute approximate surface area is 110 Å². The van der Waals surface area contributed by atoms with Gasteiger partial charge in [-0.05, 0) is 46.5 Å². The van der Waals surface area contributed by atoms with Crippen LogP contribution in [0.4, 0.5) is 0 Å². The summed E-state index contributed by atoms with van der Waals surface area (Å²) in [7, 11) is 0. The summed E-state index contributed by atoms with van der Waals surface area (Å²) in [6, 6.07) is 0. The number of nitrogens with one attached hydrogen (secondary N) is 1. The van der Waals surface area contributed by atoms with E-state index < -0.39 is 0 Å². The normalized spacial score (nSPS) is 30.6. The molecule has 0 aromatic rings. The van der Waals surface area contributed by atoms with Gasteiger partial charge in [0, 0.05) is 25.2 Å². The quantitative estimate of drug-likeness (QED) is 0.806. The summed E-state index contributed by atoms with van der Waals surface area (Å²) in [5.74, 6) is 1.32. The molecule has 0 saturated carbocycles. The predicted molar refractivity (Wildman–Crippen MR) is 71.3 cm³/mol. The Balaban J connectivity index is 1.99. The van der Waals surface area contributed by atoms with E-state index >= 15 is 0 Å². The van der Waals surface area contributed by atoms with Gasteiger partial charge >= 0.3 is 0 Å². The van der Waals surface area contributed by atoms with Crippen LogP contribution in [0, 0.1) is 11.8 Å². The Hall–Kier alpha value is -0.610. The van der Waals surface area contributed by atoms with E-state index in [-0.39, 0.29) is 23.7 Å². The summed E-state index contributed by atoms with van der Waals surface area (Å²) < 4.78 is 5.61. The first kappa shape index (κ1) is 13.8. The molecule has 2 atom stereocenters. The third-order valence-corrected chi connectivity index (χ3v) is 4.29. The Morgan fingerprint density at radius 2 is 2.06 bits per heavy atom. The number of hydrogen-bond acceptors (Lipinski definition) is 3. The Morgan fingerprint density at radius 1 is 1.39 bits per heavy atom. The molecule has 2 heterocycles. The van der Waals surface area contributed by atoms with E-state index in [0.29, 0.717) is 11.8 Å². The lowest BCUT2D eigenvalue weighted by molar-refractivity contribution is -0.145. The van der Waals surface area contributed by atoms with Crippen molar-refractivity contribution in [3.8, 4) is 0 Å². The first-order valence-electron chi connectivity index (χ1n) is 6.87. The van der Waals surface area contributed by atoms with Crippen LogP contribution in [0.25, 0.3) is 0 Å². The van der Waals surface area contributed by atoms with Gasteiger partial charge in [-0.1, -0.05) is 0 Å². The molecule has 1 amide bonds. The second kappa shape index (κ2) is 4.49. The first-order chi connectivity index (χ1) is 8.22. The summed E-state index contributed by atoms with van der Waals surface area (Å²) in [6.45, 7) is 13.4. The number of hydrogen-bond donors (Lipinski definition) is 1. The maximum absolute atomic E-state index is 12.3. The average Bonchev–Trinajstić information content (AvgIpc) is 2.77. The van der Waals surface area contributed by atoms with E-state index in [9.17, 15) is 4.79 Å². The molecular weight excluding hydrogens is 228 g/mol. The van der Waals surface area contributed by atoms with E-state index in [2.05, 4.69) is 19.2 Å². The van der Waals surface area contributed by atoms with Crippen molar-refractivity contribution in [2.75, 3.05) is 26.2 Å². The molecule has 4 nitrogen and oxygen atoms in total. The molecule has 0 aromatic carbocycles. The number of fused-ring (bicyclic) bond motifs is 1. The topological polar surface area (TPSA) is 41.6 Å². The number of ether oxygens (including phenoxy) is 1. The summed E-state index contributed by atoms with van der Waals surface area (Å²) >= 11 is 0. The fraction of sp³-hybridized carbons (Fsp3) is 0.929. The lowest BCUT2D eigenvalue weighted by atomic mass is 9.85. The Kier molecular flexibility index (Phi) is 3.45. The van der Waals surface area contributed by atoms with Crippen molar-refractivity contribution in [1.29, 1.82) is 0 Å². The van der Waals surface area contributed by atoms with Crippen molar-refractivity contribution in [3.05, 3.63) is 0 Å². The van der Waals surface area contributed by atoms with Crippen molar-refractivity contribution in [2.24, 2.45) is 11.8 Å². The van der Waals surface area contributed by atoms with Crippen molar-refractivity contribution < 1.29 is 9.53 Å². The number of carbonyl (C=O) groups is 1. The van der Waals surface area contributed by atoms with Gasteiger partial charge in [-0.3, -0.25) is 4.79 Å². The number of likely N-dealkylation sites (tertiary alicyclic amines) is 1. The van der Waals surface area contributed by atoms with Crippen LogP contribution in [0.5, 0.6) is 0 Å². The van der Waals surface area contributed by atoms with Crippen LogP contribution in [-0.2, 0) is 9.53 Å². The third-order valence-electron chi connectivity index (χ3n) is 4.29. The summed E-state index contributed by atoms with van der Waals surface area (Å²) in [5, 5.41) is 3.43. The molecule has 4 heteroatoms. The van der Waals surface area contributed by atoms with E-state index in [1.165, 1.54) is 0 Å². The molecule has 1 N–H and O–H groups in total. The second-order valence-electron chi connectivity index (χ2n) is 7.08. The fourth-order valence-corrected chi connectivity index (χ4v) is 3.20. The van der Waals surface area contributed by atoms with Gasteiger partial charge in [0.1, 0.15) is 6.61 Å². The van der Waals surface area contributed by atoms with Gasteiger partial charge in [0.05, 0.1) is 5.60 Å². The van der Waals surface area contributed by atoms with Crippen molar-refractivity contribution >= 4 is 5.91 Å². The predicted octanol–water partition coefficient (Wildman–Crippen LogP) is 1.26. The molecule has 2 rings (SSSR count). The number of amides is 1. The molecule has 2 unspecified atom stereocenters. The summed E-state index contributed by atoms with van der Waals surface area (Å²) in [4.78, 5) is 14.3. The zero-order valence-electron chi connectivity index (χ0n) is 12.2. The van der Waals surface area contributed by atoms with Crippen molar-refractivity contribution in [2.45, 2.75) is 45.8 Å². The minimum Gasteiger partial charge on any atom is -0.366 e. The van der Waals surface area contributed by atoms with E-state index in [0.717, 1.165) is 19.6 Å². The van der Waals surface area contributed by atoms with Crippen LogP contribution >= 0.6 is 0 Å². The molecule has 2 aliphatic rings. The highest BCUT2D eigenvalue weighted by Crippen LogP contribution is 2.40. The Bertz CT molecular complexity index is 333. The van der Waals surface area contributed by atoms with Crippen LogP contribution in [0.3, 0.4) is 0 Å². The lowest BCUT2D eigenvalue weighted by Crippen LogP contribution is -2.49. The molecule has 2 fully saturated rings. The summed E-state index contributed by atoms with van der Waals surface area (Å²) in [6.07, 6.45) is 0. The van der Waals surface area contributed by atoms with Crippen molar-refractivity contribution in [1.82, 2.24) is 10.2 Å². The minimum absolute atomic E-state index is 0.0491. The first-order valence-corrected chi connectivity index (χ1v) is 6.87.